The molecule has 0 aliphatic carbocycles. The van der Waals surface area contributed by atoms with E-state index in [2.05, 4.69) is 0 Å². The van der Waals surface area contributed by atoms with Gasteiger partial charge in [0.1, 0.15) is 18.4 Å². The standard InChI is InChI=1S/C28H23ClFN3O6S/c29-20-8-6-19-15-22(10-7-18(19)14-20)40(38,39)33(17-27(35)36)25-4-3-13-32(28(25)37)24-11-9-21(16-23(24)30)31-12-2-1-5-26(31)34/h1-2,5-12,14-16,25H,3-4,13,17H2,(H,35,36). The second-order valence-corrected chi connectivity index (χ2v) is 11.6. The zero-order valence-corrected chi connectivity index (χ0v) is 22.5. The third kappa shape index (κ3) is 5.23. The van der Waals surface area contributed by atoms with Crippen molar-refractivity contribution in [3.05, 3.63) is 100 Å². The molecule has 1 aliphatic heterocycles. The molecule has 3 aromatic carbocycles. The van der Waals surface area contributed by atoms with Gasteiger partial charge in [-0.1, -0.05) is 29.8 Å². The van der Waals surface area contributed by atoms with E-state index < -0.39 is 40.3 Å². The highest BCUT2D eigenvalue weighted by Gasteiger charge is 2.42. The molecule has 0 spiro atoms. The molecule has 5 rings (SSSR count). The van der Waals surface area contributed by atoms with Crippen molar-refractivity contribution in [3.63, 3.8) is 0 Å². The number of hydrogen-bond acceptors (Lipinski definition) is 5. The number of aliphatic carboxylic acids is 1. The highest BCUT2D eigenvalue weighted by atomic mass is 35.5. The Bertz CT molecular complexity index is 1810. The second-order valence-electron chi connectivity index (χ2n) is 9.29. The van der Waals surface area contributed by atoms with E-state index >= 15 is 4.39 Å². The van der Waals surface area contributed by atoms with Gasteiger partial charge >= 0.3 is 5.97 Å². The summed E-state index contributed by atoms with van der Waals surface area (Å²) in [5.74, 6) is -2.97. The lowest BCUT2D eigenvalue weighted by Crippen LogP contribution is -2.55. The summed E-state index contributed by atoms with van der Waals surface area (Å²) in [4.78, 5) is 38.5. The number of carbonyl (C=O) groups excluding carboxylic acids is 1. The number of pyridine rings is 1. The van der Waals surface area contributed by atoms with Gasteiger partial charge in [-0.15, -0.1) is 0 Å². The fraction of sp³-hybridized carbons (Fsp3) is 0.179. The van der Waals surface area contributed by atoms with Gasteiger partial charge in [0, 0.05) is 29.9 Å². The number of carbonyl (C=O) groups is 2. The van der Waals surface area contributed by atoms with Gasteiger partial charge in [0.15, 0.2) is 0 Å². The van der Waals surface area contributed by atoms with Crippen molar-refractivity contribution in [3.8, 4) is 5.69 Å². The van der Waals surface area contributed by atoms with Gasteiger partial charge in [0.25, 0.3) is 5.56 Å². The van der Waals surface area contributed by atoms with Crippen LogP contribution < -0.4 is 10.5 Å². The minimum absolute atomic E-state index is 0.0597. The van der Waals surface area contributed by atoms with Crippen LogP contribution in [-0.4, -0.2) is 53.4 Å². The molecule has 1 unspecified atom stereocenters. The molecule has 0 radical (unpaired) electrons. The van der Waals surface area contributed by atoms with Crippen LogP contribution in [0.2, 0.25) is 5.02 Å². The van der Waals surface area contributed by atoms with Crippen molar-refractivity contribution < 1.29 is 27.5 Å². The van der Waals surface area contributed by atoms with E-state index in [1.807, 2.05) is 0 Å². The molecule has 1 atom stereocenters. The maximum Gasteiger partial charge on any atom is 0.318 e. The number of rotatable bonds is 7. The van der Waals surface area contributed by atoms with E-state index in [0.717, 1.165) is 11.0 Å². The molecule has 12 heteroatoms. The number of amides is 1. The van der Waals surface area contributed by atoms with Crippen LogP contribution in [-0.2, 0) is 19.6 Å². The minimum atomic E-state index is -4.45. The highest BCUT2D eigenvalue weighted by Crippen LogP contribution is 2.31. The predicted molar refractivity (Wildman–Crippen MR) is 148 cm³/mol. The molecular weight excluding hydrogens is 561 g/mol. The van der Waals surface area contributed by atoms with Crippen molar-refractivity contribution in [2.24, 2.45) is 0 Å². The largest absolute Gasteiger partial charge is 0.480 e. The number of hydrogen-bond donors (Lipinski definition) is 1. The van der Waals surface area contributed by atoms with E-state index in [0.29, 0.717) is 26.5 Å². The highest BCUT2D eigenvalue weighted by molar-refractivity contribution is 7.89. The maximum absolute atomic E-state index is 15.3. The summed E-state index contributed by atoms with van der Waals surface area (Å²) in [6, 6.07) is 16.2. The summed E-state index contributed by atoms with van der Waals surface area (Å²) < 4.78 is 44.7. The number of carboxylic acid groups (broad SMARTS) is 1. The lowest BCUT2D eigenvalue weighted by Gasteiger charge is -2.37. The van der Waals surface area contributed by atoms with E-state index in [1.165, 1.54) is 41.1 Å². The quantitative estimate of drug-likeness (QED) is 0.351. The van der Waals surface area contributed by atoms with Crippen LogP contribution in [0, 0.1) is 5.82 Å². The summed E-state index contributed by atoms with van der Waals surface area (Å²) >= 11 is 6.02. The number of fused-ring (bicyclic) bond motifs is 1. The average molecular weight is 584 g/mol. The third-order valence-electron chi connectivity index (χ3n) is 6.75. The normalized spacial score (nSPS) is 16.0. The van der Waals surface area contributed by atoms with Crippen molar-refractivity contribution in [2.45, 2.75) is 23.8 Å². The van der Waals surface area contributed by atoms with Gasteiger partial charge < -0.3 is 10.0 Å². The SMILES string of the molecule is O=C(O)CN(C1CCCN(c2ccc(-n3ccccc3=O)cc2F)C1=O)S(=O)(=O)c1ccc2cc(Cl)ccc2c1. The third-order valence-corrected chi connectivity index (χ3v) is 8.84. The first-order valence-electron chi connectivity index (χ1n) is 12.3. The van der Waals surface area contributed by atoms with Crippen molar-refractivity contribution in [2.75, 3.05) is 18.0 Å². The van der Waals surface area contributed by atoms with Crippen LogP contribution in [0.5, 0.6) is 0 Å². The zero-order valence-electron chi connectivity index (χ0n) is 20.9. The predicted octanol–water partition coefficient (Wildman–Crippen LogP) is 4.05. The monoisotopic (exact) mass is 583 g/mol. The van der Waals surface area contributed by atoms with E-state index in [9.17, 15) is 27.9 Å². The first-order chi connectivity index (χ1) is 19.1. The fourth-order valence-electron chi connectivity index (χ4n) is 4.85. The fourth-order valence-corrected chi connectivity index (χ4v) is 6.63. The molecule has 1 fully saturated rings. The molecular formula is C28H23ClFN3O6S. The summed E-state index contributed by atoms with van der Waals surface area (Å²) in [5, 5.41) is 11.3. The Kier molecular flexibility index (Phi) is 7.45. The van der Waals surface area contributed by atoms with Gasteiger partial charge in [-0.3, -0.25) is 19.0 Å². The molecule has 206 valence electrons. The lowest BCUT2D eigenvalue weighted by molar-refractivity contribution is -0.138. The minimum Gasteiger partial charge on any atom is -0.480 e. The first-order valence-corrected chi connectivity index (χ1v) is 14.1. The van der Waals surface area contributed by atoms with Crippen LogP contribution in [0.4, 0.5) is 10.1 Å². The van der Waals surface area contributed by atoms with Gasteiger partial charge in [-0.05, 0) is 66.1 Å². The van der Waals surface area contributed by atoms with Crippen molar-refractivity contribution in [1.29, 1.82) is 0 Å². The molecule has 1 amide bonds. The van der Waals surface area contributed by atoms with Gasteiger partial charge in [-0.25, -0.2) is 12.8 Å². The molecule has 9 nitrogen and oxygen atoms in total. The second kappa shape index (κ2) is 10.8. The Morgan fingerprint density at radius 1 is 1.02 bits per heavy atom. The summed E-state index contributed by atoms with van der Waals surface area (Å²) in [7, 11) is -4.45. The number of anilines is 1. The first kappa shape index (κ1) is 27.5. The smallest absolute Gasteiger partial charge is 0.318 e. The van der Waals surface area contributed by atoms with Crippen molar-refractivity contribution >= 4 is 50.0 Å². The molecule has 40 heavy (non-hydrogen) atoms. The number of benzene rings is 3. The Hall–Kier alpha value is -4.06. The number of nitrogens with zero attached hydrogens (tertiary/aromatic N) is 3. The van der Waals surface area contributed by atoms with Gasteiger partial charge in [0.2, 0.25) is 15.9 Å². The Morgan fingerprint density at radius 2 is 1.77 bits per heavy atom. The Labute approximate surface area is 233 Å². The zero-order chi connectivity index (χ0) is 28.6. The van der Waals surface area contributed by atoms with Crippen LogP contribution in [0.25, 0.3) is 16.5 Å². The Balaban J connectivity index is 1.49. The van der Waals surface area contributed by atoms with Crippen molar-refractivity contribution in [1.82, 2.24) is 8.87 Å². The van der Waals surface area contributed by atoms with Crippen LogP contribution in [0.15, 0.2) is 88.7 Å². The molecule has 1 aliphatic rings. The summed E-state index contributed by atoms with van der Waals surface area (Å²) in [5.41, 5.74) is -0.215. The van der Waals surface area contributed by atoms with E-state index in [4.69, 9.17) is 11.6 Å². The lowest BCUT2D eigenvalue weighted by atomic mass is 10.0. The van der Waals surface area contributed by atoms with Crippen LogP contribution in [0.3, 0.4) is 0 Å². The average Bonchev–Trinajstić information content (AvgIpc) is 2.92. The summed E-state index contributed by atoms with van der Waals surface area (Å²) in [6.45, 7) is -0.849. The van der Waals surface area contributed by atoms with Gasteiger partial charge in [0.05, 0.1) is 16.3 Å². The number of piperidine rings is 1. The maximum atomic E-state index is 15.3. The number of aromatic nitrogens is 1. The van der Waals surface area contributed by atoms with E-state index in [-0.39, 0.29) is 34.8 Å². The molecule has 1 N–H and O–H groups in total. The number of sulfonamides is 1. The molecule has 2 heterocycles. The summed E-state index contributed by atoms with van der Waals surface area (Å²) in [6.07, 6.45) is 1.84. The van der Waals surface area contributed by atoms with Gasteiger partial charge in [-0.2, -0.15) is 4.31 Å². The van der Waals surface area contributed by atoms with E-state index in [1.54, 1.807) is 36.4 Å². The molecule has 1 aromatic heterocycles. The molecule has 4 aromatic rings. The number of carboxylic acids is 1. The van der Waals surface area contributed by atoms with Crippen LogP contribution in [0.1, 0.15) is 12.8 Å². The molecule has 1 saturated heterocycles. The molecule has 0 saturated carbocycles. The molecule has 0 bridgehead atoms. The number of halogens is 2. The Morgan fingerprint density at radius 3 is 2.50 bits per heavy atom. The topological polar surface area (TPSA) is 117 Å². The van der Waals surface area contributed by atoms with Crippen LogP contribution >= 0.6 is 11.6 Å².